The molecular weight excluding hydrogens is 374 g/mol. The largest absolute Gasteiger partial charge is 0.381 e. The average Bonchev–Trinajstić information content (AvgIpc) is 2.93. The predicted octanol–water partition coefficient (Wildman–Crippen LogP) is 1.81. The Morgan fingerprint density at radius 3 is 2.50 bits per heavy atom. The van der Waals surface area contributed by atoms with Crippen LogP contribution in [0.2, 0.25) is 0 Å². The van der Waals surface area contributed by atoms with Gasteiger partial charge in [0.25, 0.3) is 5.91 Å². The van der Waals surface area contributed by atoms with E-state index in [1.165, 1.54) is 17.6 Å². The van der Waals surface area contributed by atoms with Crippen LogP contribution >= 0.6 is 11.3 Å². The second-order valence-corrected chi connectivity index (χ2v) is 10.2. The lowest BCUT2D eigenvalue weighted by Gasteiger charge is -2.42. The standard InChI is InChI=1S/C17H27N3O4S2/c1-12-16(25-13(2)18-12)17(21)19-8-4-5-15(11-19)20(26(3,22)23)14-6-9-24-10-7-14/h14-15H,4-11H2,1-3H3. The van der Waals surface area contributed by atoms with Crippen LogP contribution in [0, 0.1) is 13.8 Å². The normalized spacial score (nSPS) is 22.8. The molecule has 0 bridgehead atoms. The van der Waals surface area contributed by atoms with E-state index in [0.717, 1.165) is 23.5 Å². The minimum atomic E-state index is -3.35. The maximum absolute atomic E-state index is 12.9. The molecule has 7 nitrogen and oxygen atoms in total. The van der Waals surface area contributed by atoms with Crippen molar-refractivity contribution in [1.82, 2.24) is 14.2 Å². The van der Waals surface area contributed by atoms with Crippen LogP contribution in [-0.4, -0.2) is 73.2 Å². The maximum Gasteiger partial charge on any atom is 0.265 e. The second kappa shape index (κ2) is 7.92. The summed E-state index contributed by atoms with van der Waals surface area (Å²) in [5.74, 6) is -0.0294. The molecular formula is C17H27N3O4S2. The number of thiazole rings is 1. The van der Waals surface area contributed by atoms with Gasteiger partial charge in [0.1, 0.15) is 4.88 Å². The van der Waals surface area contributed by atoms with Gasteiger partial charge in [0.05, 0.1) is 17.0 Å². The molecule has 2 aliphatic rings. The number of amides is 1. The van der Waals surface area contributed by atoms with Gasteiger partial charge in [0.2, 0.25) is 10.0 Å². The summed E-state index contributed by atoms with van der Waals surface area (Å²) < 4.78 is 32.1. The molecule has 3 rings (SSSR count). The first-order valence-electron chi connectivity index (χ1n) is 9.07. The molecule has 0 N–H and O–H groups in total. The van der Waals surface area contributed by atoms with E-state index >= 15 is 0 Å². The summed E-state index contributed by atoms with van der Waals surface area (Å²) in [6.07, 6.45) is 4.30. The van der Waals surface area contributed by atoms with Gasteiger partial charge in [-0.15, -0.1) is 11.3 Å². The van der Waals surface area contributed by atoms with Gasteiger partial charge in [-0.05, 0) is 39.5 Å². The highest BCUT2D eigenvalue weighted by molar-refractivity contribution is 7.88. The lowest BCUT2D eigenvalue weighted by Crippen LogP contribution is -2.55. The Morgan fingerprint density at radius 2 is 1.92 bits per heavy atom. The van der Waals surface area contributed by atoms with E-state index in [0.29, 0.717) is 44.0 Å². The van der Waals surface area contributed by atoms with E-state index in [9.17, 15) is 13.2 Å². The third-order valence-electron chi connectivity index (χ3n) is 5.08. The van der Waals surface area contributed by atoms with E-state index in [2.05, 4.69) is 4.98 Å². The molecule has 1 aromatic rings. The number of rotatable bonds is 4. The number of carbonyl (C=O) groups is 1. The molecule has 2 fully saturated rings. The number of hydrogen-bond donors (Lipinski definition) is 0. The molecule has 0 aromatic carbocycles. The molecule has 1 atom stereocenters. The summed E-state index contributed by atoms with van der Waals surface area (Å²) in [5.41, 5.74) is 0.754. The third-order valence-corrected chi connectivity index (χ3v) is 7.50. The monoisotopic (exact) mass is 401 g/mol. The number of sulfonamides is 1. The molecule has 1 amide bonds. The average molecular weight is 402 g/mol. The van der Waals surface area contributed by atoms with E-state index in [1.807, 2.05) is 13.8 Å². The van der Waals surface area contributed by atoms with Gasteiger partial charge < -0.3 is 9.64 Å². The van der Waals surface area contributed by atoms with Crippen molar-refractivity contribution in [3.05, 3.63) is 15.6 Å². The molecule has 146 valence electrons. The van der Waals surface area contributed by atoms with Crippen LogP contribution in [0.1, 0.15) is 46.1 Å². The van der Waals surface area contributed by atoms with Crippen LogP contribution in [0.15, 0.2) is 0 Å². The molecule has 0 aliphatic carbocycles. The van der Waals surface area contributed by atoms with Crippen LogP contribution in [-0.2, 0) is 14.8 Å². The minimum Gasteiger partial charge on any atom is -0.381 e. The molecule has 0 radical (unpaired) electrons. The number of hydrogen-bond acceptors (Lipinski definition) is 6. The van der Waals surface area contributed by atoms with Gasteiger partial charge >= 0.3 is 0 Å². The van der Waals surface area contributed by atoms with Crippen LogP contribution in [0.5, 0.6) is 0 Å². The number of carbonyl (C=O) groups excluding carboxylic acids is 1. The molecule has 1 aromatic heterocycles. The summed E-state index contributed by atoms with van der Waals surface area (Å²) in [5, 5.41) is 0.874. The van der Waals surface area contributed by atoms with Crippen molar-refractivity contribution in [3.8, 4) is 0 Å². The molecule has 1 unspecified atom stereocenters. The fourth-order valence-corrected chi connectivity index (χ4v) is 6.35. The van der Waals surface area contributed by atoms with Crippen molar-refractivity contribution in [2.45, 2.75) is 51.6 Å². The lowest BCUT2D eigenvalue weighted by atomic mass is 10.0. The van der Waals surface area contributed by atoms with Crippen LogP contribution < -0.4 is 0 Å². The number of aromatic nitrogens is 1. The van der Waals surface area contributed by atoms with E-state index < -0.39 is 10.0 Å². The summed E-state index contributed by atoms with van der Waals surface area (Å²) in [6, 6.07) is -0.202. The Hall–Kier alpha value is -1.03. The first-order chi connectivity index (χ1) is 12.3. The van der Waals surface area contributed by atoms with Crippen molar-refractivity contribution < 1.29 is 17.9 Å². The van der Waals surface area contributed by atoms with Gasteiger partial charge in [0.15, 0.2) is 0 Å². The number of likely N-dealkylation sites (tertiary alicyclic amines) is 1. The van der Waals surface area contributed by atoms with Gasteiger partial charge in [-0.1, -0.05) is 0 Å². The molecule has 2 saturated heterocycles. The van der Waals surface area contributed by atoms with Gasteiger partial charge in [-0.3, -0.25) is 4.79 Å². The van der Waals surface area contributed by atoms with E-state index in [1.54, 1.807) is 9.21 Å². The summed E-state index contributed by atoms with van der Waals surface area (Å²) >= 11 is 1.41. The summed E-state index contributed by atoms with van der Waals surface area (Å²) in [7, 11) is -3.35. The smallest absolute Gasteiger partial charge is 0.265 e. The number of aryl methyl sites for hydroxylation is 2. The quantitative estimate of drug-likeness (QED) is 0.769. The zero-order valence-corrected chi connectivity index (χ0v) is 17.2. The lowest BCUT2D eigenvalue weighted by molar-refractivity contribution is 0.0343. The molecule has 3 heterocycles. The Morgan fingerprint density at radius 1 is 1.23 bits per heavy atom. The van der Waals surface area contributed by atoms with Gasteiger partial charge in [-0.25, -0.2) is 13.4 Å². The molecule has 2 aliphatic heterocycles. The van der Waals surface area contributed by atoms with Crippen molar-refractivity contribution in [2.24, 2.45) is 0 Å². The number of nitrogens with zero attached hydrogens (tertiary/aromatic N) is 3. The number of piperidine rings is 1. The van der Waals surface area contributed by atoms with Crippen LogP contribution in [0.4, 0.5) is 0 Å². The zero-order valence-electron chi connectivity index (χ0n) is 15.6. The highest BCUT2D eigenvalue weighted by Gasteiger charge is 2.38. The fraction of sp³-hybridized carbons (Fsp3) is 0.765. The Kier molecular flexibility index (Phi) is 6.01. The van der Waals surface area contributed by atoms with Crippen molar-refractivity contribution in [1.29, 1.82) is 0 Å². The molecule has 9 heteroatoms. The van der Waals surface area contributed by atoms with Gasteiger partial charge in [0, 0.05) is 38.4 Å². The van der Waals surface area contributed by atoms with Crippen LogP contribution in [0.25, 0.3) is 0 Å². The Labute approximate surface area is 159 Å². The maximum atomic E-state index is 12.9. The highest BCUT2D eigenvalue weighted by Crippen LogP contribution is 2.27. The predicted molar refractivity (Wildman–Crippen MR) is 101 cm³/mol. The molecule has 0 saturated carbocycles. The molecule has 26 heavy (non-hydrogen) atoms. The SMILES string of the molecule is Cc1nc(C)c(C(=O)N2CCCC(N(C3CCOCC3)S(C)(=O)=O)C2)s1. The van der Waals surface area contributed by atoms with Crippen molar-refractivity contribution in [3.63, 3.8) is 0 Å². The van der Waals surface area contributed by atoms with Crippen molar-refractivity contribution in [2.75, 3.05) is 32.6 Å². The second-order valence-electron chi connectivity index (χ2n) is 7.13. The van der Waals surface area contributed by atoms with Crippen molar-refractivity contribution >= 4 is 27.3 Å². The van der Waals surface area contributed by atoms with Crippen LogP contribution in [0.3, 0.4) is 0 Å². The fourth-order valence-electron chi connectivity index (χ4n) is 4.00. The third kappa shape index (κ3) is 4.27. The first kappa shape index (κ1) is 19.7. The summed E-state index contributed by atoms with van der Waals surface area (Å²) in [6.45, 7) is 6.03. The topological polar surface area (TPSA) is 79.8 Å². The minimum absolute atomic E-state index is 0.0294. The Balaban J connectivity index is 1.79. The zero-order chi connectivity index (χ0) is 18.9. The van der Waals surface area contributed by atoms with E-state index in [4.69, 9.17) is 4.74 Å². The highest BCUT2D eigenvalue weighted by atomic mass is 32.2. The summed E-state index contributed by atoms with van der Waals surface area (Å²) in [4.78, 5) is 19.7. The number of ether oxygens (including phenoxy) is 1. The Bertz CT molecular complexity index is 756. The van der Waals surface area contributed by atoms with E-state index in [-0.39, 0.29) is 18.0 Å². The molecule has 0 spiro atoms. The van der Waals surface area contributed by atoms with Gasteiger partial charge in [-0.2, -0.15) is 4.31 Å². The first-order valence-corrected chi connectivity index (χ1v) is 11.7.